The summed E-state index contributed by atoms with van der Waals surface area (Å²) in [6.45, 7) is 3.96. The normalized spacial score (nSPS) is 16.4. The summed E-state index contributed by atoms with van der Waals surface area (Å²) in [5, 5.41) is 0. The molecular weight excluding hydrogens is 150 g/mol. The Balaban J connectivity index is 3.81. The Bertz CT molecular complexity index is 116. The van der Waals surface area contributed by atoms with Gasteiger partial charge >= 0.3 is 0 Å². The zero-order chi connectivity index (χ0) is 8.15. The molecule has 0 aliphatic carbocycles. The van der Waals surface area contributed by atoms with Crippen LogP contribution >= 0.6 is 11.6 Å². The summed E-state index contributed by atoms with van der Waals surface area (Å²) in [5.41, 5.74) is 5.55. The van der Waals surface area contributed by atoms with Crippen molar-refractivity contribution in [2.45, 2.75) is 26.3 Å². The minimum absolute atomic E-state index is 0.0332. The van der Waals surface area contributed by atoms with Crippen LogP contribution in [0.3, 0.4) is 0 Å². The third-order valence-electron chi connectivity index (χ3n) is 1.76. The lowest BCUT2D eigenvalue weighted by molar-refractivity contribution is -0.118. The average molecular weight is 164 g/mol. The molecule has 0 spiro atoms. The van der Waals surface area contributed by atoms with E-state index in [1.807, 2.05) is 13.8 Å². The summed E-state index contributed by atoms with van der Waals surface area (Å²) >= 11 is 5.32. The van der Waals surface area contributed by atoms with E-state index in [1.54, 1.807) is 0 Å². The van der Waals surface area contributed by atoms with E-state index in [4.69, 9.17) is 17.3 Å². The van der Waals surface area contributed by atoms with E-state index >= 15 is 0 Å². The first-order chi connectivity index (χ1) is 4.63. The van der Waals surface area contributed by atoms with Crippen LogP contribution in [0.2, 0.25) is 0 Å². The van der Waals surface area contributed by atoms with Crippen LogP contribution in [0, 0.1) is 5.92 Å². The number of Topliss-reactive ketones (excluding diaryl/α,β-unsaturated/α-hetero) is 1. The molecule has 3 heteroatoms. The lowest BCUT2D eigenvalue weighted by Crippen LogP contribution is -2.37. The minimum atomic E-state index is -0.373. The van der Waals surface area contributed by atoms with Crippen LogP contribution in [0.25, 0.3) is 0 Å². The Morgan fingerprint density at radius 1 is 1.70 bits per heavy atom. The highest BCUT2D eigenvalue weighted by molar-refractivity contribution is 6.28. The molecule has 0 aliphatic rings. The van der Waals surface area contributed by atoms with Gasteiger partial charge in [0, 0.05) is 0 Å². The summed E-state index contributed by atoms with van der Waals surface area (Å²) in [7, 11) is 0. The highest BCUT2D eigenvalue weighted by atomic mass is 35.5. The van der Waals surface area contributed by atoms with Gasteiger partial charge in [0.15, 0.2) is 5.78 Å². The molecule has 0 fully saturated rings. The molecular formula is C7H14ClNO. The van der Waals surface area contributed by atoms with Crippen LogP contribution in [-0.2, 0) is 4.79 Å². The van der Waals surface area contributed by atoms with Crippen molar-refractivity contribution < 1.29 is 4.79 Å². The Kier molecular flexibility index (Phi) is 4.65. The molecule has 0 aromatic heterocycles. The van der Waals surface area contributed by atoms with Gasteiger partial charge in [0.05, 0.1) is 11.9 Å². The summed E-state index contributed by atoms with van der Waals surface area (Å²) in [5.74, 6) is 0.216. The third kappa shape index (κ3) is 2.67. The molecule has 2 N–H and O–H groups in total. The smallest absolute Gasteiger partial charge is 0.164 e. The largest absolute Gasteiger partial charge is 0.321 e. The number of hydrogen-bond donors (Lipinski definition) is 1. The molecule has 0 aromatic rings. The average Bonchev–Trinajstić information content (AvgIpc) is 2.00. The maximum atomic E-state index is 10.9. The minimum Gasteiger partial charge on any atom is -0.321 e. The van der Waals surface area contributed by atoms with E-state index in [1.165, 1.54) is 0 Å². The van der Waals surface area contributed by atoms with E-state index in [0.717, 1.165) is 6.42 Å². The molecule has 0 aromatic carbocycles. The second kappa shape index (κ2) is 4.69. The van der Waals surface area contributed by atoms with Gasteiger partial charge in [-0.15, -0.1) is 11.6 Å². The van der Waals surface area contributed by atoms with Gasteiger partial charge in [-0.1, -0.05) is 20.3 Å². The molecule has 10 heavy (non-hydrogen) atoms. The Hall–Kier alpha value is -0.0800. The molecule has 0 heterocycles. The number of hydrogen-bond acceptors (Lipinski definition) is 2. The zero-order valence-electron chi connectivity index (χ0n) is 6.43. The van der Waals surface area contributed by atoms with E-state index in [0.29, 0.717) is 0 Å². The van der Waals surface area contributed by atoms with Crippen LogP contribution in [0.4, 0.5) is 0 Å². The summed E-state index contributed by atoms with van der Waals surface area (Å²) in [4.78, 5) is 10.9. The van der Waals surface area contributed by atoms with E-state index in [9.17, 15) is 4.79 Å². The molecule has 0 saturated heterocycles. The van der Waals surface area contributed by atoms with E-state index < -0.39 is 0 Å². The molecule has 0 radical (unpaired) electrons. The SMILES string of the molecule is CCC(C)C(N)C(=O)CCl. The monoisotopic (exact) mass is 163 g/mol. The van der Waals surface area contributed by atoms with Crippen molar-refractivity contribution in [1.29, 1.82) is 0 Å². The first kappa shape index (κ1) is 9.92. The standard InChI is InChI=1S/C7H14ClNO/c1-3-5(2)7(9)6(10)4-8/h5,7H,3-4,9H2,1-2H3. The zero-order valence-corrected chi connectivity index (χ0v) is 7.19. The molecule has 0 bridgehead atoms. The Morgan fingerprint density at radius 3 is 2.50 bits per heavy atom. The van der Waals surface area contributed by atoms with E-state index in [-0.39, 0.29) is 23.6 Å². The molecule has 60 valence electrons. The topological polar surface area (TPSA) is 43.1 Å². The quantitative estimate of drug-likeness (QED) is 0.633. The number of rotatable bonds is 4. The number of halogens is 1. The van der Waals surface area contributed by atoms with Gasteiger partial charge in [-0.05, 0) is 5.92 Å². The van der Waals surface area contributed by atoms with Gasteiger partial charge in [0.2, 0.25) is 0 Å². The van der Waals surface area contributed by atoms with Crippen molar-refractivity contribution in [3.05, 3.63) is 0 Å². The lowest BCUT2D eigenvalue weighted by Gasteiger charge is -2.14. The van der Waals surface area contributed by atoms with Crippen LogP contribution < -0.4 is 5.73 Å². The number of ketones is 1. The third-order valence-corrected chi connectivity index (χ3v) is 2.02. The van der Waals surface area contributed by atoms with Crippen LogP contribution in [-0.4, -0.2) is 17.7 Å². The molecule has 0 aliphatic heterocycles. The van der Waals surface area contributed by atoms with Crippen molar-refractivity contribution in [1.82, 2.24) is 0 Å². The highest BCUT2D eigenvalue weighted by Crippen LogP contribution is 2.06. The molecule has 0 saturated carbocycles. The van der Waals surface area contributed by atoms with Crippen molar-refractivity contribution in [2.24, 2.45) is 11.7 Å². The fourth-order valence-corrected chi connectivity index (χ4v) is 0.839. The highest BCUT2D eigenvalue weighted by Gasteiger charge is 2.17. The number of carbonyl (C=O) groups is 1. The predicted octanol–water partition coefficient (Wildman–Crippen LogP) is 1.17. The number of alkyl halides is 1. The van der Waals surface area contributed by atoms with Crippen molar-refractivity contribution in [2.75, 3.05) is 5.88 Å². The summed E-state index contributed by atoms with van der Waals surface area (Å²) < 4.78 is 0. The van der Waals surface area contributed by atoms with E-state index in [2.05, 4.69) is 0 Å². The maximum absolute atomic E-state index is 10.9. The molecule has 2 unspecified atom stereocenters. The first-order valence-corrected chi connectivity index (χ1v) is 4.01. The van der Waals surface area contributed by atoms with Gasteiger partial charge in [0.25, 0.3) is 0 Å². The summed E-state index contributed by atoms with van der Waals surface area (Å²) in [6, 6.07) is -0.373. The molecule has 2 nitrogen and oxygen atoms in total. The summed E-state index contributed by atoms with van der Waals surface area (Å²) in [6.07, 6.45) is 0.920. The second-order valence-corrected chi connectivity index (χ2v) is 2.78. The molecule has 2 atom stereocenters. The fraction of sp³-hybridized carbons (Fsp3) is 0.857. The Labute approximate surface area is 66.7 Å². The van der Waals surface area contributed by atoms with Gasteiger partial charge in [0.1, 0.15) is 0 Å². The number of nitrogens with two attached hydrogens (primary N) is 1. The van der Waals surface area contributed by atoms with Gasteiger partial charge in [-0.3, -0.25) is 4.79 Å². The lowest BCUT2D eigenvalue weighted by atomic mass is 9.97. The van der Waals surface area contributed by atoms with Gasteiger partial charge < -0.3 is 5.73 Å². The van der Waals surface area contributed by atoms with Crippen molar-refractivity contribution in [3.63, 3.8) is 0 Å². The van der Waals surface area contributed by atoms with Crippen LogP contribution in [0.15, 0.2) is 0 Å². The van der Waals surface area contributed by atoms with Gasteiger partial charge in [-0.25, -0.2) is 0 Å². The van der Waals surface area contributed by atoms with Crippen molar-refractivity contribution >= 4 is 17.4 Å². The molecule has 0 rings (SSSR count). The number of carbonyl (C=O) groups excluding carboxylic acids is 1. The predicted molar refractivity (Wildman–Crippen MR) is 43.2 cm³/mol. The maximum Gasteiger partial charge on any atom is 0.164 e. The molecule has 0 amide bonds. The Morgan fingerprint density at radius 2 is 2.20 bits per heavy atom. The van der Waals surface area contributed by atoms with Crippen LogP contribution in [0.1, 0.15) is 20.3 Å². The van der Waals surface area contributed by atoms with Crippen LogP contribution in [0.5, 0.6) is 0 Å². The second-order valence-electron chi connectivity index (χ2n) is 2.51. The fourth-order valence-electron chi connectivity index (χ4n) is 0.660. The first-order valence-electron chi connectivity index (χ1n) is 3.47. The van der Waals surface area contributed by atoms with Crippen molar-refractivity contribution in [3.8, 4) is 0 Å². The van der Waals surface area contributed by atoms with Gasteiger partial charge in [-0.2, -0.15) is 0 Å².